The molecule has 2 aliphatic heterocycles. The van der Waals surface area contributed by atoms with Crippen molar-refractivity contribution >= 4 is 5.69 Å². The summed E-state index contributed by atoms with van der Waals surface area (Å²) in [5.41, 5.74) is 1.91. The van der Waals surface area contributed by atoms with Crippen molar-refractivity contribution in [1.82, 2.24) is 20.0 Å². The summed E-state index contributed by atoms with van der Waals surface area (Å²) >= 11 is 0. The highest BCUT2D eigenvalue weighted by Crippen LogP contribution is 2.36. The lowest BCUT2D eigenvalue weighted by atomic mass is 10.0. The van der Waals surface area contributed by atoms with Crippen LogP contribution in [0.1, 0.15) is 18.7 Å². The predicted octanol–water partition coefficient (Wildman–Crippen LogP) is 2.96. The van der Waals surface area contributed by atoms with Gasteiger partial charge in [-0.25, -0.2) is 0 Å². The summed E-state index contributed by atoms with van der Waals surface area (Å²) in [6, 6.07) is 12.3. The zero-order chi connectivity index (χ0) is 19.6. The van der Waals surface area contributed by atoms with Crippen molar-refractivity contribution in [2.24, 2.45) is 0 Å². The fourth-order valence-electron chi connectivity index (χ4n) is 3.91. The van der Waals surface area contributed by atoms with Crippen molar-refractivity contribution in [2.75, 3.05) is 31.8 Å². The molecule has 0 bridgehead atoms. The molecule has 0 radical (unpaired) electrons. The Hall–Kier alpha value is -3.13. The maximum absolute atomic E-state index is 5.50. The summed E-state index contributed by atoms with van der Waals surface area (Å²) < 4.78 is 16.3. The molecule has 4 heterocycles. The van der Waals surface area contributed by atoms with Crippen molar-refractivity contribution in [2.45, 2.75) is 25.4 Å². The molecule has 0 spiro atoms. The first-order valence-electron chi connectivity index (χ1n) is 9.85. The van der Waals surface area contributed by atoms with Gasteiger partial charge in [-0.05, 0) is 44.2 Å². The van der Waals surface area contributed by atoms with Gasteiger partial charge in [-0.2, -0.15) is 4.98 Å². The number of nitrogens with zero attached hydrogens (tertiary/aromatic N) is 5. The fourth-order valence-corrected chi connectivity index (χ4v) is 3.91. The highest BCUT2D eigenvalue weighted by atomic mass is 16.7. The number of hydrogen-bond donors (Lipinski definition) is 0. The van der Waals surface area contributed by atoms with Gasteiger partial charge in [0.05, 0.1) is 6.54 Å². The minimum atomic E-state index is 0.309. The third-order valence-electron chi connectivity index (χ3n) is 5.56. The first-order valence-corrected chi connectivity index (χ1v) is 9.85. The number of pyridine rings is 1. The Morgan fingerprint density at radius 2 is 1.97 bits per heavy atom. The van der Waals surface area contributed by atoms with Crippen molar-refractivity contribution < 1.29 is 14.0 Å². The third-order valence-corrected chi connectivity index (χ3v) is 5.56. The number of hydrogen-bond acceptors (Lipinski definition) is 8. The molecule has 0 amide bonds. The lowest BCUT2D eigenvalue weighted by molar-refractivity contribution is 0.173. The van der Waals surface area contributed by atoms with Crippen LogP contribution in [0.3, 0.4) is 0 Å². The molecule has 1 saturated heterocycles. The van der Waals surface area contributed by atoms with E-state index in [4.69, 9.17) is 14.0 Å². The van der Waals surface area contributed by atoms with Crippen LogP contribution in [-0.2, 0) is 6.54 Å². The van der Waals surface area contributed by atoms with Crippen molar-refractivity contribution in [3.63, 3.8) is 0 Å². The molecule has 1 fully saturated rings. The van der Waals surface area contributed by atoms with Gasteiger partial charge in [0.25, 0.3) is 0 Å². The summed E-state index contributed by atoms with van der Waals surface area (Å²) in [7, 11) is 2.12. The summed E-state index contributed by atoms with van der Waals surface area (Å²) in [5.74, 6) is 2.81. The van der Waals surface area contributed by atoms with E-state index in [1.807, 2.05) is 24.3 Å². The van der Waals surface area contributed by atoms with E-state index in [1.165, 1.54) is 5.69 Å². The second-order valence-corrected chi connectivity index (χ2v) is 7.40. The van der Waals surface area contributed by atoms with Crippen molar-refractivity contribution in [1.29, 1.82) is 0 Å². The molecule has 8 nitrogen and oxygen atoms in total. The SMILES string of the molecule is CN(Cc1nc(-c2ccccn2)no1)C1CCN(c2ccc3c(c2)OCO3)CC1. The Kier molecular flexibility index (Phi) is 4.77. The molecule has 29 heavy (non-hydrogen) atoms. The van der Waals surface area contributed by atoms with Crippen LogP contribution in [0.5, 0.6) is 11.5 Å². The minimum absolute atomic E-state index is 0.309. The van der Waals surface area contributed by atoms with Crippen molar-refractivity contribution in [3.8, 4) is 23.0 Å². The maximum Gasteiger partial charge on any atom is 0.241 e. The number of benzene rings is 1. The Balaban J connectivity index is 1.17. The second-order valence-electron chi connectivity index (χ2n) is 7.40. The van der Waals surface area contributed by atoms with Gasteiger partial charge in [-0.1, -0.05) is 11.2 Å². The van der Waals surface area contributed by atoms with Gasteiger partial charge in [0.1, 0.15) is 5.69 Å². The average Bonchev–Trinajstić information content (AvgIpc) is 3.43. The van der Waals surface area contributed by atoms with E-state index in [9.17, 15) is 0 Å². The molecule has 0 N–H and O–H groups in total. The summed E-state index contributed by atoms with van der Waals surface area (Å²) in [6.07, 6.45) is 3.88. The van der Waals surface area contributed by atoms with Crippen LogP contribution in [0, 0.1) is 0 Å². The number of piperidine rings is 1. The van der Waals surface area contributed by atoms with Crippen LogP contribution in [0.2, 0.25) is 0 Å². The van der Waals surface area contributed by atoms with Crippen LogP contribution in [0.15, 0.2) is 47.1 Å². The third kappa shape index (κ3) is 3.75. The fraction of sp³-hybridized carbons (Fsp3) is 0.381. The first kappa shape index (κ1) is 17.9. The number of anilines is 1. The molecule has 0 atom stereocenters. The molecule has 3 aromatic rings. The average molecular weight is 393 g/mol. The normalized spacial score (nSPS) is 16.6. The van der Waals surface area contributed by atoms with E-state index in [0.717, 1.165) is 43.1 Å². The summed E-state index contributed by atoms with van der Waals surface area (Å²) in [6.45, 7) is 2.94. The van der Waals surface area contributed by atoms with Gasteiger partial charge in [0.2, 0.25) is 18.5 Å². The van der Waals surface area contributed by atoms with E-state index in [0.29, 0.717) is 31.1 Å². The number of rotatable bonds is 5. The Bertz CT molecular complexity index is 969. The van der Waals surface area contributed by atoms with Gasteiger partial charge in [0.15, 0.2) is 11.5 Å². The predicted molar refractivity (Wildman–Crippen MR) is 107 cm³/mol. The molecule has 8 heteroatoms. The topological polar surface area (TPSA) is 76.8 Å². The number of ether oxygens (including phenoxy) is 2. The molecule has 5 rings (SSSR count). The maximum atomic E-state index is 5.50. The molecular weight excluding hydrogens is 370 g/mol. The quantitative estimate of drug-likeness (QED) is 0.655. The minimum Gasteiger partial charge on any atom is -0.454 e. The van der Waals surface area contributed by atoms with Crippen LogP contribution in [0.25, 0.3) is 11.5 Å². The van der Waals surface area contributed by atoms with Gasteiger partial charge < -0.3 is 18.9 Å². The molecule has 0 saturated carbocycles. The van der Waals surface area contributed by atoms with E-state index >= 15 is 0 Å². The van der Waals surface area contributed by atoms with E-state index in [2.05, 4.69) is 44.1 Å². The summed E-state index contributed by atoms with van der Waals surface area (Å²) in [4.78, 5) is 13.5. The largest absolute Gasteiger partial charge is 0.454 e. The molecular formula is C21H23N5O3. The number of fused-ring (bicyclic) bond motifs is 1. The smallest absolute Gasteiger partial charge is 0.241 e. The van der Waals surface area contributed by atoms with E-state index in [1.54, 1.807) is 6.20 Å². The monoisotopic (exact) mass is 393 g/mol. The van der Waals surface area contributed by atoms with E-state index in [-0.39, 0.29) is 0 Å². The second kappa shape index (κ2) is 7.71. The lowest BCUT2D eigenvalue weighted by Crippen LogP contribution is -2.43. The van der Waals surface area contributed by atoms with Crippen LogP contribution >= 0.6 is 0 Å². The van der Waals surface area contributed by atoms with Crippen molar-refractivity contribution in [3.05, 3.63) is 48.5 Å². The van der Waals surface area contributed by atoms with Gasteiger partial charge in [-0.3, -0.25) is 9.88 Å². The molecule has 2 aromatic heterocycles. The van der Waals surface area contributed by atoms with Crippen LogP contribution in [-0.4, -0.2) is 53.0 Å². The molecule has 0 unspecified atom stereocenters. The molecule has 1 aromatic carbocycles. The lowest BCUT2D eigenvalue weighted by Gasteiger charge is -2.37. The molecule has 150 valence electrons. The zero-order valence-electron chi connectivity index (χ0n) is 16.3. The number of aromatic nitrogens is 3. The van der Waals surface area contributed by atoms with Gasteiger partial charge in [0, 0.05) is 37.1 Å². The van der Waals surface area contributed by atoms with E-state index < -0.39 is 0 Å². The Morgan fingerprint density at radius 3 is 2.79 bits per heavy atom. The highest BCUT2D eigenvalue weighted by Gasteiger charge is 2.25. The first-order chi connectivity index (χ1) is 14.3. The highest BCUT2D eigenvalue weighted by molar-refractivity contribution is 5.57. The molecule has 0 aliphatic carbocycles. The molecule has 2 aliphatic rings. The Morgan fingerprint density at radius 1 is 1.10 bits per heavy atom. The van der Waals surface area contributed by atoms with Crippen LogP contribution in [0.4, 0.5) is 5.69 Å². The summed E-state index contributed by atoms with van der Waals surface area (Å²) in [5, 5.41) is 4.06. The van der Waals surface area contributed by atoms with Gasteiger partial charge >= 0.3 is 0 Å². The standard InChI is InChI=1S/C21H23N5O3/c1-25(13-20-23-21(24-29-20)17-4-2-3-9-22-17)15-7-10-26(11-8-15)16-5-6-18-19(12-16)28-14-27-18/h2-6,9,12,15H,7-8,10-11,13-14H2,1H3. The van der Waals surface area contributed by atoms with Crippen LogP contribution < -0.4 is 14.4 Å². The zero-order valence-corrected chi connectivity index (χ0v) is 16.3. The van der Waals surface area contributed by atoms with Gasteiger partial charge in [-0.15, -0.1) is 0 Å². The Labute approximate surface area is 169 Å².